The molecule has 0 radical (unpaired) electrons. The predicted octanol–water partition coefficient (Wildman–Crippen LogP) is 2.12. The van der Waals surface area contributed by atoms with Crippen molar-refractivity contribution in [1.29, 1.82) is 0 Å². The number of hydrogen-bond donors (Lipinski definition) is 1. The highest BCUT2D eigenvalue weighted by Crippen LogP contribution is 2.32. The summed E-state index contributed by atoms with van der Waals surface area (Å²) in [7, 11) is 3.98. The van der Waals surface area contributed by atoms with Crippen LogP contribution in [-0.4, -0.2) is 29.7 Å². The van der Waals surface area contributed by atoms with Gasteiger partial charge >= 0.3 is 0 Å². The van der Waals surface area contributed by atoms with E-state index in [9.17, 15) is 5.11 Å². The van der Waals surface area contributed by atoms with Gasteiger partial charge in [0.1, 0.15) is 0 Å². The maximum atomic E-state index is 9.98. The van der Waals surface area contributed by atoms with Crippen LogP contribution in [0.1, 0.15) is 24.8 Å². The van der Waals surface area contributed by atoms with E-state index in [0.29, 0.717) is 0 Å². The van der Waals surface area contributed by atoms with E-state index in [-0.39, 0.29) is 6.04 Å². The molecular formula is C10H17NOS. The SMILES string of the molecule is CN(C)C(c1cccs1)C(C)(C)O. The Hall–Kier alpha value is -0.380. The minimum absolute atomic E-state index is 0.0764. The molecule has 0 saturated carbocycles. The van der Waals surface area contributed by atoms with Gasteiger partial charge in [-0.2, -0.15) is 0 Å². The molecule has 74 valence electrons. The molecule has 0 aliphatic heterocycles. The molecule has 3 heteroatoms. The maximum Gasteiger partial charge on any atom is 0.0795 e. The van der Waals surface area contributed by atoms with E-state index >= 15 is 0 Å². The lowest BCUT2D eigenvalue weighted by atomic mass is 9.96. The lowest BCUT2D eigenvalue weighted by Gasteiger charge is -2.33. The Morgan fingerprint density at radius 3 is 2.38 bits per heavy atom. The first kappa shape index (κ1) is 10.7. The summed E-state index contributed by atoms with van der Waals surface area (Å²) >= 11 is 1.68. The number of likely N-dealkylation sites (N-methyl/N-ethyl adjacent to an activating group) is 1. The second kappa shape index (κ2) is 3.78. The van der Waals surface area contributed by atoms with Crippen molar-refractivity contribution in [2.75, 3.05) is 14.1 Å². The standard InChI is InChI=1S/C10H17NOS/c1-10(2,12)9(11(3)4)8-6-5-7-13-8/h5-7,9,12H,1-4H3. The fourth-order valence-electron chi connectivity index (χ4n) is 1.68. The van der Waals surface area contributed by atoms with E-state index in [2.05, 4.69) is 6.07 Å². The van der Waals surface area contributed by atoms with E-state index in [0.717, 1.165) is 0 Å². The molecule has 2 nitrogen and oxygen atoms in total. The molecule has 1 N–H and O–H groups in total. The molecule has 13 heavy (non-hydrogen) atoms. The van der Waals surface area contributed by atoms with Crippen molar-refractivity contribution in [1.82, 2.24) is 4.90 Å². The first-order valence-electron chi connectivity index (χ1n) is 4.35. The summed E-state index contributed by atoms with van der Waals surface area (Å²) in [6, 6.07) is 4.16. The Kier molecular flexibility index (Phi) is 3.11. The number of rotatable bonds is 3. The molecular weight excluding hydrogens is 182 g/mol. The molecule has 0 spiro atoms. The maximum absolute atomic E-state index is 9.98. The molecule has 1 aromatic heterocycles. The Morgan fingerprint density at radius 1 is 1.46 bits per heavy atom. The second-order valence-electron chi connectivity index (χ2n) is 4.04. The summed E-state index contributed by atoms with van der Waals surface area (Å²) < 4.78 is 0. The number of aliphatic hydroxyl groups is 1. The predicted molar refractivity (Wildman–Crippen MR) is 57.0 cm³/mol. The van der Waals surface area contributed by atoms with Crippen LogP contribution in [0.15, 0.2) is 17.5 Å². The van der Waals surface area contributed by atoms with Crippen LogP contribution in [0.3, 0.4) is 0 Å². The van der Waals surface area contributed by atoms with Gasteiger partial charge < -0.3 is 5.11 Å². The fraction of sp³-hybridized carbons (Fsp3) is 0.600. The minimum Gasteiger partial charge on any atom is -0.388 e. The van der Waals surface area contributed by atoms with Gasteiger partial charge in [0, 0.05) is 4.88 Å². The molecule has 1 aromatic rings. The van der Waals surface area contributed by atoms with E-state index in [1.165, 1.54) is 4.88 Å². The zero-order valence-corrected chi connectivity index (χ0v) is 9.43. The minimum atomic E-state index is -0.700. The summed E-state index contributed by atoms with van der Waals surface area (Å²) in [4.78, 5) is 3.25. The molecule has 0 fully saturated rings. The molecule has 1 atom stereocenters. The summed E-state index contributed by atoms with van der Waals surface area (Å²) in [5.74, 6) is 0. The van der Waals surface area contributed by atoms with Crippen LogP contribution in [0.25, 0.3) is 0 Å². The van der Waals surface area contributed by atoms with Gasteiger partial charge in [-0.1, -0.05) is 6.07 Å². The second-order valence-corrected chi connectivity index (χ2v) is 5.01. The van der Waals surface area contributed by atoms with Crippen LogP contribution >= 0.6 is 11.3 Å². The quantitative estimate of drug-likeness (QED) is 0.806. The smallest absolute Gasteiger partial charge is 0.0795 e. The highest BCUT2D eigenvalue weighted by atomic mass is 32.1. The Morgan fingerprint density at radius 2 is 2.08 bits per heavy atom. The Balaban J connectivity index is 2.94. The van der Waals surface area contributed by atoms with Crippen LogP contribution < -0.4 is 0 Å². The van der Waals surface area contributed by atoms with Crippen LogP contribution in [0.4, 0.5) is 0 Å². The molecule has 1 rings (SSSR count). The van der Waals surface area contributed by atoms with Crippen molar-refractivity contribution in [2.24, 2.45) is 0 Å². The number of thiophene rings is 1. The molecule has 0 aromatic carbocycles. The Bertz CT molecular complexity index is 248. The van der Waals surface area contributed by atoms with E-state index in [1.807, 2.05) is 44.3 Å². The van der Waals surface area contributed by atoms with Crippen molar-refractivity contribution in [3.05, 3.63) is 22.4 Å². The van der Waals surface area contributed by atoms with Gasteiger partial charge in [-0.25, -0.2) is 0 Å². The zero-order valence-electron chi connectivity index (χ0n) is 8.61. The number of nitrogens with zero attached hydrogens (tertiary/aromatic N) is 1. The average molecular weight is 199 g/mol. The van der Waals surface area contributed by atoms with Crippen molar-refractivity contribution in [3.8, 4) is 0 Å². The summed E-state index contributed by atoms with van der Waals surface area (Å²) in [6.45, 7) is 3.69. The normalized spacial score (nSPS) is 14.9. The monoisotopic (exact) mass is 199 g/mol. The third-order valence-corrected chi connectivity index (χ3v) is 2.92. The zero-order chi connectivity index (χ0) is 10.1. The van der Waals surface area contributed by atoms with Crippen LogP contribution in [-0.2, 0) is 0 Å². The Labute approximate surface area is 83.8 Å². The summed E-state index contributed by atoms with van der Waals surface area (Å²) in [5, 5.41) is 12.0. The van der Waals surface area contributed by atoms with E-state index in [1.54, 1.807) is 11.3 Å². The summed E-state index contributed by atoms with van der Waals surface area (Å²) in [5.41, 5.74) is -0.700. The lowest BCUT2D eigenvalue weighted by Crippen LogP contribution is -2.37. The third kappa shape index (κ3) is 2.53. The largest absolute Gasteiger partial charge is 0.388 e. The highest BCUT2D eigenvalue weighted by Gasteiger charge is 2.30. The number of hydrogen-bond acceptors (Lipinski definition) is 3. The van der Waals surface area contributed by atoms with Gasteiger partial charge in [0.25, 0.3) is 0 Å². The molecule has 0 saturated heterocycles. The highest BCUT2D eigenvalue weighted by molar-refractivity contribution is 7.10. The molecule has 1 unspecified atom stereocenters. The molecule has 0 bridgehead atoms. The van der Waals surface area contributed by atoms with Gasteiger partial charge in [0.05, 0.1) is 11.6 Å². The van der Waals surface area contributed by atoms with Gasteiger partial charge in [-0.3, -0.25) is 4.90 Å². The van der Waals surface area contributed by atoms with Gasteiger partial charge in [-0.15, -0.1) is 11.3 Å². The summed E-state index contributed by atoms with van der Waals surface area (Å²) in [6.07, 6.45) is 0. The fourth-order valence-corrected chi connectivity index (χ4v) is 2.78. The van der Waals surface area contributed by atoms with E-state index < -0.39 is 5.60 Å². The van der Waals surface area contributed by atoms with Crippen molar-refractivity contribution in [2.45, 2.75) is 25.5 Å². The van der Waals surface area contributed by atoms with Crippen molar-refractivity contribution in [3.63, 3.8) is 0 Å². The van der Waals surface area contributed by atoms with Crippen molar-refractivity contribution < 1.29 is 5.11 Å². The first-order chi connectivity index (χ1) is 5.93. The lowest BCUT2D eigenvalue weighted by molar-refractivity contribution is -0.00159. The molecule has 0 aliphatic carbocycles. The molecule has 0 aliphatic rings. The van der Waals surface area contributed by atoms with Crippen LogP contribution in [0.5, 0.6) is 0 Å². The van der Waals surface area contributed by atoms with Crippen molar-refractivity contribution >= 4 is 11.3 Å². The molecule has 1 heterocycles. The van der Waals surface area contributed by atoms with E-state index in [4.69, 9.17) is 0 Å². The van der Waals surface area contributed by atoms with Gasteiger partial charge in [-0.05, 0) is 39.4 Å². The third-order valence-electron chi connectivity index (χ3n) is 2.00. The first-order valence-corrected chi connectivity index (χ1v) is 5.23. The van der Waals surface area contributed by atoms with Crippen LogP contribution in [0.2, 0.25) is 0 Å². The van der Waals surface area contributed by atoms with Gasteiger partial charge in [0.15, 0.2) is 0 Å². The van der Waals surface area contributed by atoms with Crippen LogP contribution in [0, 0.1) is 0 Å². The molecule has 0 amide bonds. The van der Waals surface area contributed by atoms with Gasteiger partial charge in [0.2, 0.25) is 0 Å². The topological polar surface area (TPSA) is 23.5 Å². The average Bonchev–Trinajstić information content (AvgIpc) is 2.34.